The Bertz CT molecular complexity index is 313. The van der Waals surface area contributed by atoms with E-state index in [1.807, 2.05) is 12.1 Å². The van der Waals surface area contributed by atoms with Gasteiger partial charge < -0.3 is 0 Å². The van der Waals surface area contributed by atoms with Crippen LogP contribution in [0.1, 0.15) is 0 Å². The highest BCUT2D eigenvalue weighted by molar-refractivity contribution is 5.22. The number of hydrogen-bond acceptors (Lipinski definition) is 3. The Kier molecular flexibility index (Phi) is 1.37. The summed E-state index contributed by atoms with van der Waals surface area (Å²) in [6, 6.07) is 3.65. The minimum atomic E-state index is 0.748. The Morgan fingerprint density at radius 2 is 2.00 bits per heavy atom. The molecule has 2 rings (SSSR count). The van der Waals surface area contributed by atoms with Crippen molar-refractivity contribution >= 4 is 0 Å². The lowest BCUT2D eigenvalue weighted by atomic mass is 10.4. The van der Waals surface area contributed by atoms with Gasteiger partial charge >= 0.3 is 0 Å². The molecule has 0 atom stereocenters. The fourth-order valence-corrected chi connectivity index (χ4v) is 0.769. The first-order valence-electron chi connectivity index (χ1n) is 3.16. The number of nitrogens with zero attached hydrogens (tertiary/aromatic N) is 4. The average molecular weight is 145 g/mol. The van der Waals surface area contributed by atoms with Crippen LogP contribution in [0.3, 0.4) is 0 Å². The lowest BCUT2D eigenvalue weighted by molar-refractivity contribution is 0.747. The summed E-state index contributed by atoms with van der Waals surface area (Å²) in [6.45, 7) is 0. The zero-order valence-corrected chi connectivity index (χ0v) is 5.68. The minimum absolute atomic E-state index is 0.748. The van der Waals surface area contributed by atoms with Crippen molar-refractivity contribution in [2.75, 3.05) is 0 Å². The molecule has 2 aromatic heterocycles. The van der Waals surface area contributed by atoms with Gasteiger partial charge in [-0.2, -0.15) is 10.2 Å². The average Bonchev–Trinajstić information content (AvgIpc) is 2.58. The zero-order valence-electron chi connectivity index (χ0n) is 5.68. The van der Waals surface area contributed by atoms with E-state index in [4.69, 9.17) is 0 Å². The summed E-state index contributed by atoms with van der Waals surface area (Å²) in [5.74, 6) is 0. The van der Waals surface area contributed by atoms with Crippen LogP contribution in [0, 0.1) is 6.20 Å². The van der Waals surface area contributed by atoms with Gasteiger partial charge in [0.2, 0.25) is 0 Å². The van der Waals surface area contributed by atoms with E-state index in [1.165, 1.54) is 4.80 Å². The first-order chi connectivity index (χ1) is 5.47. The first kappa shape index (κ1) is 6.03. The summed E-state index contributed by atoms with van der Waals surface area (Å²) in [5, 5.41) is 7.84. The summed E-state index contributed by atoms with van der Waals surface area (Å²) in [7, 11) is 0. The standard InChI is InChI=1S/C7H5N4/c1-2-7(6-8-3-1)11-9-4-5-10-11/h1-5H. The Morgan fingerprint density at radius 3 is 2.64 bits per heavy atom. The van der Waals surface area contributed by atoms with Crippen molar-refractivity contribution in [2.45, 2.75) is 0 Å². The van der Waals surface area contributed by atoms with Gasteiger partial charge in [0.1, 0.15) is 11.9 Å². The fraction of sp³-hybridized carbons (Fsp3) is 0. The molecule has 2 aromatic rings. The number of pyridine rings is 1. The predicted molar refractivity (Wildman–Crippen MR) is 38.0 cm³/mol. The van der Waals surface area contributed by atoms with Gasteiger partial charge in [-0.05, 0) is 12.1 Å². The van der Waals surface area contributed by atoms with Gasteiger partial charge in [-0.1, -0.05) is 0 Å². The fourth-order valence-electron chi connectivity index (χ4n) is 0.769. The lowest BCUT2D eigenvalue weighted by Gasteiger charge is -1.94. The van der Waals surface area contributed by atoms with Crippen LogP contribution in [-0.2, 0) is 0 Å². The maximum absolute atomic E-state index is 3.92. The number of rotatable bonds is 1. The lowest BCUT2D eigenvalue weighted by Crippen LogP contribution is -1.98. The molecule has 0 aliphatic carbocycles. The van der Waals surface area contributed by atoms with Gasteiger partial charge in [0.25, 0.3) is 0 Å². The topological polar surface area (TPSA) is 43.6 Å². The molecule has 0 fully saturated rings. The molecule has 0 aromatic carbocycles. The quantitative estimate of drug-likeness (QED) is 0.585. The van der Waals surface area contributed by atoms with Crippen LogP contribution < -0.4 is 0 Å². The zero-order chi connectivity index (χ0) is 7.52. The smallest absolute Gasteiger partial charge is 0.118 e. The van der Waals surface area contributed by atoms with Crippen molar-refractivity contribution in [1.82, 2.24) is 20.0 Å². The Labute approximate surface area is 63.5 Å². The molecule has 11 heavy (non-hydrogen) atoms. The van der Waals surface area contributed by atoms with Crippen LogP contribution in [0.5, 0.6) is 0 Å². The summed E-state index contributed by atoms with van der Waals surface area (Å²) in [4.78, 5) is 5.28. The van der Waals surface area contributed by atoms with E-state index in [-0.39, 0.29) is 0 Å². The Balaban J connectivity index is 2.46. The van der Waals surface area contributed by atoms with Crippen molar-refractivity contribution in [3.63, 3.8) is 0 Å². The predicted octanol–water partition coefficient (Wildman–Crippen LogP) is 0.462. The van der Waals surface area contributed by atoms with E-state index in [0.717, 1.165) is 5.69 Å². The van der Waals surface area contributed by atoms with Gasteiger partial charge in [-0.3, -0.25) is 4.98 Å². The van der Waals surface area contributed by atoms with Crippen LogP contribution >= 0.6 is 0 Å². The van der Waals surface area contributed by atoms with E-state index in [2.05, 4.69) is 21.4 Å². The third kappa shape index (κ3) is 1.10. The van der Waals surface area contributed by atoms with Crippen molar-refractivity contribution in [2.24, 2.45) is 0 Å². The maximum atomic E-state index is 3.92. The van der Waals surface area contributed by atoms with Gasteiger partial charge in [-0.25, -0.2) is 0 Å². The van der Waals surface area contributed by atoms with E-state index in [9.17, 15) is 0 Å². The summed E-state index contributed by atoms with van der Waals surface area (Å²) >= 11 is 0. The largest absolute Gasteiger partial charge is 0.252 e. The molecule has 0 saturated carbocycles. The molecule has 4 nitrogen and oxygen atoms in total. The van der Waals surface area contributed by atoms with Crippen LogP contribution in [0.2, 0.25) is 0 Å². The van der Waals surface area contributed by atoms with Crippen LogP contribution in [-0.4, -0.2) is 20.0 Å². The highest BCUT2D eigenvalue weighted by atomic mass is 15.5. The molecular formula is C7H5N4. The third-order valence-electron chi connectivity index (χ3n) is 1.23. The maximum Gasteiger partial charge on any atom is 0.118 e. The van der Waals surface area contributed by atoms with Gasteiger partial charge in [-0.15, -0.1) is 4.80 Å². The van der Waals surface area contributed by atoms with Gasteiger partial charge in [0.05, 0.1) is 12.4 Å². The first-order valence-corrected chi connectivity index (χ1v) is 3.16. The van der Waals surface area contributed by atoms with Crippen LogP contribution in [0.15, 0.2) is 30.7 Å². The van der Waals surface area contributed by atoms with Crippen LogP contribution in [0.4, 0.5) is 0 Å². The molecule has 0 spiro atoms. The van der Waals surface area contributed by atoms with E-state index in [1.54, 1.807) is 18.6 Å². The van der Waals surface area contributed by atoms with Crippen molar-refractivity contribution < 1.29 is 0 Å². The van der Waals surface area contributed by atoms with E-state index >= 15 is 0 Å². The molecule has 1 radical (unpaired) electrons. The van der Waals surface area contributed by atoms with Crippen molar-refractivity contribution in [1.29, 1.82) is 0 Å². The molecule has 53 valence electrons. The second-order valence-corrected chi connectivity index (χ2v) is 1.95. The summed E-state index contributed by atoms with van der Waals surface area (Å²) in [5.41, 5.74) is 0.748. The third-order valence-corrected chi connectivity index (χ3v) is 1.23. The van der Waals surface area contributed by atoms with E-state index in [0.29, 0.717) is 0 Å². The molecule has 0 N–H and O–H groups in total. The van der Waals surface area contributed by atoms with Gasteiger partial charge in [0, 0.05) is 6.20 Å². The number of aromatic nitrogens is 4. The number of hydrogen-bond donors (Lipinski definition) is 0. The molecular weight excluding hydrogens is 140 g/mol. The Morgan fingerprint density at radius 1 is 1.18 bits per heavy atom. The molecule has 0 aliphatic rings. The molecule has 0 aliphatic heterocycles. The summed E-state index contributed by atoms with van der Waals surface area (Å²) < 4.78 is 0. The van der Waals surface area contributed by atoms with Crippen LogP contribution in [0.25, 0.3) is 5.69 Å². The molecule has 0 unspecified atom stereocenters. The van der Waals surface area contributed by atoms with Crippen molar-refractivity contribution in [3.8, 4) is 5.69 Å². The molecule has 2 heterocycles. The second-order valence-electron chi connectivity index (χ2n) is 1.95. The van der Waals surface area contributed by atoms with Crippen molar-refractivity contribution in [3.05, 3.63) is 36.9 Å². The minimum Gasteiger partial charge on any atom is -0.252 e. The van der Waals surface area contributed by atoms with E-state index < -0.39 is 0 Å². The molecule has 0 saturated heterocycles. The SMILES string of the molecule is [c]1ncccc1-n1nccn1. The molecule has 0 amide bonds. The summed E-state index contributed by atoms with van der Waals surface area (Å²) in [6.07, 6.45) is 7.64. The Hall–Kier alpha value is -1.71. The molecule has 4 heteroatoms. The second kappa shape index (κ2) is 2.49. The highest BCUT2D eigenvalue weighted by Crippen LogP contribution is 1.97. The monoisotopic (exact) mass is 145 g/mol. The normalized spacial score (nSPS) is 9.82. The molecule has 0 bridgehead atoms. The highest BCUT2D eigenvalue weighted by Gasteiger charge is 1.94. The van der Waals surface area contributed by atoms with Gasteiger partial charge in [0.15, 0.2) is 0 Å².